The first kappa shape index (κ1) is 35.7. The zero-order chi connectivity index (χ0) is 40.5. The molecule has 0 fully saturated rings. The lowest BCUT2D eigenvalue weighted by Gasteiger charge is -2.21. The van der Waals surface area contributed by atoms with Crippen LogP contribution in [-0.4, -0.2) is 6.36 Å². The topological polar surface area (TPSA) is 9.23 Å². The summed E-state index contributed by atoms with van der Waals surface area (Å²) in [7, 11) is 0. The highest BCUT2D eigenvalue weighted by Gasteiger charge is 2.31. The SMILES string of the molecule is Cc1ccc(-c2ccc3c(-c4cc5ccccc5c5ccccc45)c4cc(-c5ccc(OC(F)(F)F)cc5)cc(-c5cc6ccccc6c6ccccc56)c4cc3c2)cc1. The van der Waals surface area contributed by atoms with Crippen molar-refractivity contribution in [1.29, 1.82) is 0 Å². The van der Waals surface area contributed by atoms with E-state index < -0.39 is 6.36 Å². The summed E-state index contributed by atoms with van der Waals surface area (Å²) in [6, 6.07) is 67.2. The summed E-state index contributed by atoms with van der Waals surface area (Å²) in [6.07, 6.45) is -4.79. The molecule has 0 atom stereocenters. The van der Waals surface area contributed by atoms with Crippen LogP contribution in [0.15, 0.2) is 194 Å². The second kappa shape index (κ2) is 13.9. The number of rotatable bonds is 5. The molecule has 60 heavy (non-hydrogen) atoms. The van der Waals surface area contributed by atoms with Crippen molar-refractivity contribution in [3.8, 4) is 50.3 Å². The van der Waals surface area contributed by atoms with Crippen LogP contribution in [0.4, 0.5) is 13.2 Å². The van der Waals surface area contributed by atoms with Gasteiger partial charge in [0.25, 0.3) is 0 Å². The highest BCUT2D eigenvalue weighted by molar-refractivity contribution is 6.25. The van der Waals surface area contributed by atoms with E-state index in [2.05, 4.69) is 182 Å². The van der Waals surface area contributed by atoms with Crippen LogP contribution in [0.3, 0.4) is 0 Å². The Labute approximate surface area is 344 Å². The molecule has 0 bridgehead atoms. The van der Waals surface area contributed by atoms with Crippen molar-refractivity contribution in [3.05, 3.63) is 200 Å². The highest BCUT2D eigenvalue weighted by atomic mass is 19.4. The summed E-state index contributed by atoms with van der Waals surface area (Å²) >= 11 is 0. The predicted molar refractivity (Wildman–Crippen MR) is 245 cm³/mol. The quantitative estimate of drug-likeness (QED) is 0.125. The average molecular weight is 781 g/mol. The maximum Gasteiger partial charge on any atom is 0.573 e. The molecule has 0 aromatic heterocycles. The van der Waals surface area contributed by atoms with Gasteiger partial charge in [-0.3, -0.25) is 0 Å². The molecule has 0 heterocycles. The summed E-state index contributed by atoms with van der Waals surface area (Å²) in [5.41, 5.74) is 9.49. The molecule has 0 unspecified atom stereocenters. The molecule has 0 saturated carbocycles. The minimum absolute atomic E-state index is 0.258. The van der Waals surface area contributed by atoms with Gasteiger partial charge in [-0.2, -0.15) is 0 Å². The van der Waals surface area contributed by atoms with Gasteiger partial charge in [-0.1, -0.05) is 151 Å². The number of hydrogen-bond donors (Lipinski definition) is 0. The van der Waals surface area contributed by atoms with E-state index in [-0.39, 0.29) is 5.75 Å². The van der Waals surface area contributed by atoms with E-state index in [1.807, 2.05) is 0 Å². The first-order valence-corrected chi connectivity index (χ1v) is 20.1. The molecule has 0 aliphatic carbocycles. The fourth-order valence-corrected chi connectivity index (χ4v) is 9.22. The first-order chi connectivity index (χ1) is 29.3. The molecule has 0 aliphatic heterocycles. The van der Waals surface area contributed by atoms with E-state index in [4.69, 9.17) is 0 Å². The standard InChI is InChI=1S/C56H35F3O/c1-34-18-20-35(21-19-34)37-24-27-45-41(28-37)33-52-51(50-29-38-10-2-4-12-43(38)46-14-6-8-16-48(46)50)31-40(36-22-25-42(26-23-36)60-56(57,58)59)32-54(52)55(45)53-30-39-11-3-5-13-44(39)47-15-7-9-17-49(47)53/h2-33H,1H3. The summed E-state index contributed by atoms with van der Waals surface area (Å²) in [4.78, 5) is 0. The minimum atomic E-state index is -4.79. The second-order valence-electron chi connectivity index (χ2n) is 15.6. The predicted octanol–water partition coefficient (Wildman–Crippen LogP) is 16.5. The molecule has 11 aromatic carbocycles. The Bertz CT molecular complexity index is 3490. The van der Waals surface area contributed by atoms with Gasteiger partial charge in [-0.15, -0.1) is 13.2 Å². The molecule has 4 heteroatoms. The average Bonchev–Trinajstić information content (AvgIpc) is 3.27. The number of benzene rings is 11. The molecule has 286 valence electrons. The molecular formula is C56H35F3O. The number of ether oxygens (including phenoxy) is 1. The van der Waals surface area contributed by atoms with E-state index in [1.165, 1.54) is 33.9 Å². The van der Waals surface area contributed by atoms with Crippen molar-refractivity contribution in [1.82, 2.24) is 0 Å². The molecular weight excluding hydrogens is 746 g/mol. The van der Waals surface area contributed by atoms with Crippen molar-refractivity contribution >= 4 is 64.6 Å². The summed E-state index contributed by atoms with van der Waals surface area (Å²) in [6.45, 7) is 2.10. The fraction of sp³-hybridized carbons (Fsp3) is 0.0357. The van der Waals surface area contributed by atoms with Gasteiger partial charge in [-0.25, -0.2) is 0 Å². The number of fused-ring (bicyclic) bond motifs is 8. The van der Waals surface area contributed by atoms with Crippen LogP contribution in [0, 0.1) is 6.92 Å². The Kier molecular flexibility index (Phi) is 8.25. The minimum Gasteiger partial charge on any atom is -0.406 e. The number of aryl methyl sites for hydroxylation is 1. The molecule has 0 radical (unpaired) electrons. The van der Waals surface area contributed by atoms with E-state index in [0.717, 1.165) is 93.0 Å². The van der Waals surface area contributed by atoms with Crippen LogP contribution in [0.2, 0.25) is 0 Å². The van der Waals surface area contributed by atoms with E-state index in [1.54, 1.807) is 12.1 Å². The van der Waals surface area contributed by atoms with Crippen LogP contribution in [-0.2, 0) is 0 Å². The largest absolute Gasteiger partial charge is 0.573 e. The Morgan fingerprint density at radius 3 is 1.47 bits per heavy atom. The maximum absolute atomic E-state index is 13.3. The van der Waals surface area contributed by atoms with Gasteiger partial charge in [-0.05, 0) is 165 Å². The lowest BCUT2D eigenvalue weighted by Crippen LogP contribution is -2.16. The molecule has 0 saturated heterocycles. The van der Waals surface area contributed by atoms with Crippen molar-refractivity contribution in [2.75, 3.05) is 0 Å². The lowest BCUT2D eigenvalue weighted by atomic mass is 9.82. The van der Waals surface area contributed by atoms with E-state index in [9.17, 15) is 13.2 Å². The zero-order valence-corrected chi connectivity index (χ0v) is 32.5. The molecule has 0 spiro atoms. The number of alkyl halides is 3. The van der Waals surface area contributed by atoms with Gasteiger partial charge in [0.2, 0.25) is 0 Å². The highest BCUT2D eigenvalue weighted by Crippen LogP contribution is 2.48. The van der Waals surface area contributed by atoms with E-state index in [0.29, 0.717) is 0 Å². The zero-order valence-electron chi connectivity index (χ0n) is 32.5. The van der Waals surface area contributed by atoms with E-state index >= 15 is 0 Å². The normalized spacial score (nSPS) is 12.0. The third kappa shape index (κ3) is 6.11. The molecule has 1 nitrogen and oxygen atoms in total. The van der Waals surface area contributed by atoms with Crippen molar-refractivity contribution in [2.24, 2.45) is 0 Å². The van der Waals surface area contributed by atoms with Crippen molar-refractivity contribution < 1.29 is 17.9 Å². The Hall–Kier alpha value is -7.43. The van der Waals surface area contributed by atoms with Gasteiger partial charge in [0.1, 0.15) is 5.75 Å². The number of halogens is 3. The molecule has 0 amide bonds. The molecule has 11 aromatic rings. The van der Waals surface area contributed by atoms with Gasteiger partial charge in [0, 0.05) is 0 Å². The molecule has 11 rings (SSSR count). The smallest absolute Gasteiger partial charge is 0.406 e. The monoisotopic (exact) mass is 780 g/mol. The fourth-order valence-electron chi connectivity index (χ4n) is 9.22. The maximum atomic E-state index is 13.3. The number of hydrogen-bond acceptors (Lipinski definition) is 1. The van der Waals surface area contributed by atoms with Gasteiger partial charge in [0.15, 0.2) is 0 Å². The van der Waals surface area contributed by atoms with Crippen LogP contribution in [0.25, 0.3) is 109 Å². The summed E-state index contributed by atoms with van der Waals surface area (Å²) < 4.78 is 44.1. The van der Waals surface area contributed by atoms with Crippen molar-refractivity contribution in [2.45, 2.75) is 13.3 Å². The van der Waals surface area contributed by atoms with Crippen LogP contribution in [0.1, 0.15) is 5.56 Å². The Balaban J connectivity index is 1.30. The Morgan fingerprint density at radius 1 is 0.333 bits per heavy atom. The Morgan fingerprint density at radius 2 is 0.833 bits per heavy atom. The third-order valence-corrected chi connectivity index (χ3v) is 12.0. The van der Waals surface area contributed by atoms with Gasteiger partial charge in [0.05, 0.1) is 0 Å². The first-order valence-electron chi connectivity index (χ1n) is 20.1. The summed E-state index contributed by atoms with van der Waals surface area (Å²) in [5.74, 6) is -0.258. The van der Waals surface area contributed by atoms with Gasteiger partial charge < -0.3 is 4.74 Å². The lowest BCUT2D eigenvalue weighted by molar-refractivity contribution is -0.274. The second-order valence-corrected chi connectivity index (χ2v) is 15.6. The van der Waals surface area contributed by atoms with Crippen LogP contribution >= 0.6 is 0 Å². The van der Waals surface area contributed by atoms with Crippen LogP contribution < -0.4 is 4.74 Å². The van der Waals surface area contributed by atoms with Gasteiger partial charge >= 0.3 is 6.36 Å². The molecule has 0 N–H and O–H groups in total. The third-order valence-electron chi connectivity index (χ3n) is 12.0. The van der Waals surface area contributed by atoms with Crippen molar-refractivity contribution in [3.63, 3.8) is 0 Å². The van der Waals surface area contributed by atoms with Crippen LogP contribution in [0.5, 0.6) is 5.75 Å². The molecule has 0 aliphatic rings. The summed E-state index contributed by atoms with van der Waals surface area (Å²) in [5, 5.41) is 13.6.